The van der Waals surface area contributed by atoms with Gasteiger partial charge in [0.25, 0.3) is 0 Å². The summed E-state index contributed by atoms with van der Waals surface area (Å²) in [4.78, 5) is 0. The second-order valence-corrected chi connectivity index (χ2v) is 7.73. The molecule has 2 heterocycles. The summed E-state index contributed by atoms with van der Waals surface area (Å²) >= 11 is 0. The summed E-state index contributed by atoms with van der Waals surface area (Å²) < 4.78 is 6.62. The first-order valence-corrected chi connectivity index (χ1v) is 8.02. The van der Waals surface area contributed by atoms with Crippen LogP contribution in [0.4, 0.5) is 0 Å². The topological polar surface area (TPSA) is 55.5 Å². The van der Waals surface area contributed by atoms with E-state index < -0.39 is 0 Å². The van der Waals surface area contributed by atoms with Crippen LogP contribution in [0.15, 0.2) is 0 Å². The van der Waals surface area contributed by atoms with Crippen molar-refractivity contribution >= 4 is 0 Å². The normalized spacial score (nSPS) is 45.8. The van der Waals surface area contributed by atoms with E-state index >= 15 is 0 Å². The van der Waals surface area contributed by atoms with Crippen LogP contribution in [0.1, 0.15) is 65.2 Å². The fraction of sp³-hybridized carbons (Fsp3) is 1.00. The van der Waals surface area contributed by atoms with Crippen LogP contribution in [0.5, 0.6) is 0 Å². The van der Waals surface area contributed by atoms with E-state index in [0.29, 0.717) is 11.8 Å². The van der Waals surface area contributed by atoms with E-state index in [1.54, 1.807) is 0 Å². The Kier molecular flexibility index (Phi) is 3.23. The molecule has 0 aromatic heterocycles. The number of fused-ring (bicyclic) bond motifs is 3. The lowest BCUT2D eigenvalue weighted by atomic mass is 9.55. The highest BCUT2D eigenvalue weighted by Gasteiger charge is 2.62. The highest BCUT2D eigenvalue weighted by molar-refractivity contribution is 5.15. The third-order valence-electron chi connectivity index (χ3n) is 6.16. The fourth-order valence-corrected chi connectivity index (χ4v) is 5.52. The first-order valence-electron chi connectivity index (χ1n) is 8.02. The molecule has 3 nitrogen and oxygen atoms in total. The second-order valence-electron chi connectivity index (χ2n) is 7.73. The number of ether oxygens (including phenoxy) is 1. The molecule has 0 radical (unpaired) electrons. The van der Waals surface area contributed by atoms with Gasteiger partial charge in [0.15, 0.2) is 0 Å². The molecule has 4 rings (SSSR count). The van der Waals surface area contributed by atoms with Gasteiger partial charge >= 0.3 is 0 Å². The smallest absolute Gasteiger partial charge is 0.0735 e. The Morgan fingerprint density at radius 2 is 1.89 bits per heavy atom. The van der Waals surface area contributed by atoms with Gasteiger partial charge in [0.05, 0.1) is 11.2 Å². The van der Waals surface area contributed by atoms with Crippen LogP contribution < -0.4 is 5.73 Å². The molecule has 2 bridgehead atoms. The van der Waals surface area contributed by atoms with E-state index in [9.17, 15) is 5.11 Å². The van der Waals surface area contributed by atoms with Crippen molar-refractivity contribution in [2.45, 2.75) is 82.0 Å². The maximum Gasteiger partial charge on any atom is 0.0735 e. The van der Waals surface area contributed by atoms with E-state index in [-0.39, 0.29) is 23.3 Å². The monoisotopic (exact) mass is 267 g/mol. The number of aliphatic hydroxyl groups excluding tert-OH is 1. The van der Waals surface area contributed by atoms with Gasteiger partial charge in [-0.05, 0) is 58.3 Å². The third-order valence-corrected chi connectivity index (χ3v) is 6.16. The highest BCUT2D eigenvalue weighted by Crippen LogP contribution is 2.59. The Balaban J connectivity index is 1.93. The summed E-state index contributed by atoms with van der Waals surface area (Å²) in [6, 6.07) is 0. The lowest BCUT2D eigenvalue weighted by Crippen LogP contribution is -2.71. The van der Waals surface area contributed by atoms with Crippen LogP contribution >= 0.6 is 0 Å². The Hall–Kier alpha value is -0.120. The molecule has 3 N–H and O–H groups in total. The molecule has 4 aliphatic rings. The van der Waals surface area contributed by atoms with Gasteiger partial charge in [-0.25, -0.2) is 0 Å². The summed E-state index contributed by atoms with van der Waals surface area (Å²) in [6.07, 6.45) is 9.31. The van der Waals surface area contributed by atoms with Gasteiger partial charge in [0, 0.05) is 18.1 Å². The first-order chi connectivity index (χ1) is 8.92. The largest absolute Gasteiger partial charge is 0.396 e. The molecule has 3 atom stereocenters. The van der Waals surface area contributed by atoms with Crippen molar-refractivity contribution in [3.63, 3.8) is 0 Å². The quantitative estimate of drug-likeness (QED) is 0.826. The Morgan fingerprint density at radius 1 is 1.21 bits per heavy atom. The maximum atomic E-state index is 9.41. The number of aliphatic hydroxyl groups is 1. The number of nitrogens with two attached hydrogens (primary N) is 1. The van der Waals surface area contributed by atoms with Crippen molar-refractivity contribution in [3.8, 4) is 0 Å². The summed E-state index contributed by atoms with van der Waals surface area (Å²) in [7, 11) is 0. The van der Waals surface area contributed by atoms with E-state index in [1.807, 2.05) is 0 Å². The minimum Gasteiger partial charge on any atom is -0.396 e. The molecule has 19 heavy (non-hydrogen) atoms. The summed E-state index contributed by atoms with van der Waals surface area (Å²) in [5, 5.41) is 9.41. The molecular weight excluding hydrogens is 238 g/mol. The lowest BCUT2D eigenvalue weighted by molar-refractivity contribution is -0.282. The van der Waals surface area contributed by atoms with Gasteiger partial charge in [-0.15, -0.1) is 0 Å². The molecule has 0 spiro atoms. The van der Waals surface area contributed by atoms with Crippen molar-refractivity contribution in [2.24, 2.45) is 17.6 Å². The average Bonchev–Trinajstić information content (AvgIpc) is 2.80. The zero-order chi connectivity index (χ0) is 13.7. The molecular formula is C16H29NO2. The van der Waals surface area contributed by atoms with Crippen molar-refractivity contribution in [1.29, 1.82) is 0 Å². The van der Waals surface area contributed by atoms with Crippen LogP contribution in [-0.2, 0) is 4.74 Å². The molecule has 2 aliphatic carbocycles. The zero-order valence-electron chi connectivity index (χ0n) is 12.5. The van der Waals surface area contributed by atoms with Crippen molar-refractivity contribution < 1.29 is 9.84 Å². The molecule has 0 amide bonds. The number of rotatable bonds is 3. The van der Waals surface area contributed by atoms with Crippen molar-refractivity contribution in [1.82, 2.24) is 0 Å². The Bertz CT molecular complexity index is 351. The molecule has 0 unspecified atom stereocenters. The molecule has 2 saturated heterocycles. The predicted molar refractivity (Wildman–Crippen MR) is 75.8 cm³/mol. The molecule has 2 aliphatic heterocycles. The standard InChI is InChI=1S/C16H29NO2/c1-14(2)13-7-8-16(19-14,12-5-3-4-6-12)11-15(13,17)9-10-18/h12-13,18H,3-11,17H2,1-2H3/t13-,15-,16-/m0/s1. The van der Waals surface area contributed by atoms with Crippen LogP contribution in [0.2, 0.25) is 0 Å². The Labute approximate surface area is 116 Å². The second kappa shape index (κ2) is 4.44. The van der Waals surface area contributed by atoms with E-state index in [2.05, 4.69) is 13.8 Å². The van der Waals surface area contributed by atoms with Crippen molar-refractivity contribution in [2.75, 3.05) is 6.61 Å². The van der Waals surface area contributed by atoms with Crippen LogP contribution in [0.3, 0.4) is 0 Å². The van der Waals surface area contributed by atoms with Crippen LogP contribution in [-0.4, -0.2) is 28.5 Å². The van der Waals surface area contributed by atoms with E-state index in [4.69, 9.17) is 10.5 Å². The highest BCUT2D eigenvalue weighted by atomic mass is 16.5. The van der Waals surface area contributed by atoms with Gasteiger partial charge in [-0.3, -0.25) is 0 Å². The predicted octanol–water partition coefficient (Wildman–Crippen LogP) is 2.60. The third kappa shape index (κ3) is 2.05. The van der Waals surface area contributed by atoms with Gasteiger partial charge in [-0.1, -0.05) is 12.8 Å². The first kappa shape index (κ1) is 13.8. The molecule has 4 fully saturated rings. The molecule has 110 valence electrons. The number of hydrogen-bond acceptors (Lipinski definition) is 3. The summed E-state index contributed by atoms with van der Waals surface area (Å²) in [5.74, 6) is 1.07. The lowest BCUT2D eigenvalue weighted by Gasteiger charge is -2.64. The van der Waals surface area contributed by atoms with Crippen molar-refractivity contribution in [3.05, 3.63) is 0 Å². The minimum atomic E-state index is -0.225. The van der Waals surface area contributed by atoms with Gasteiger partial charge in [-0.2, -0.15) is 0 Å². The maximum absolute atomic E-state index is 9.41. The van der Waals surface area contributed by atoms with E-state index in [1.165, 1.54) is 38.5 Å². The Morgan fingerprint density at radius 3 is 2.47 bits per heavy atom. The summed E-state index contributed by atoms with van der Waals surface area (Å²) in [6.45, 7) is 4.61. The SMILES string of the molecule is CC1(C)O[C@@]2(C3CCCC3)CC[C@@H]1[C@](N)(CCO)C2. The molecule has 0 aromatic rings. The fourth-order valence-electron chi connectivity index (χ4n) is 5.52. The zero-order valence-corrected chi connectivity index (χ0v) is 12.5. The molecule has 0 aromatic carbocycles. The molecule has 3 heteroatoms. The van der Waals surface area contributed by atoms with E-state index in [0.717, 1.165) is 12.8 Å². The van der Waals surface area contributed by atoms with Gasteiger partial charge in [0.1, 0.15) is 0 Å². The summed E-state index contributed by atoms with van der Waals surface area (Å²) in [5.41, 5.74) is 6.38. The molecule has 2 saturated carbocycles. The number of hydrogen-bond donors (Lipinski definition) is 2. The van der Waals surface area contributed by atoms with Crippen LogP contribution in [0, 0.1) is 11.8 Å². The van der Waals surface area contributed by atoms with Gasteiger partial charge in [0.2, 0.25) is 0 Å². The minimum absolute atomic E-state index is 0.00132. The van der Waals surface area contributed by atoms with Gasteiger partial charge < -0.3 is 15.6 Å². The van der Waals surface area contributed by atoms with Crippen LogP contribution in [0.25, 0.3) is 0 Å². The average molecular weight is 267 g/mol.